The molecule has 0 radical (unpaired) electrons. The highest BCUT2D eigenvalue weighted by molar-refractivity contribution is 5.76. The van der Waals surface area contributed by atoms with Gasteiger partial charge in [0.1, 0.15) is 5.76 Å². The maximum atomic E-state index is 12.6. The Morgan fingerprint density at radius 3 is 2.90 bits per heavy atom. The molecule has 29 heavy (non-hydrogen) atoms. The van der Waals surface area contributed by atoms with Crippen LogP contribution in [0.2, 0.25) is 0 Å². The molecule has 2 aromatic heterocycles. The van der Waals surface area contributed by atoms with E-state index in [0.717, 1.165) is 36.7 Å². The normalized spacial score (nSPS) is 16.8. The van der Waals surface area contributed by atoms with E-state index in [1.165, 1.54) is 0 Å². The number of carbonyl (C=O) groups excluding carboxylic acids is 1. The van der Waals surface area contributed by atoms with E-state index in [-0.39, 0.29) is 12.0 Å². The summed E-state index contributed by atoms with van der Waals surface area (Å²) in [6.07, 6.45) is 3.64. The smallest absolute Gasteiger partial charge is 0.254 e. The van der Waals surface area contributed by atoms with Crippen molar-refractivity contribution in [2.75, 3.05) is 37.7 Å². The predicted octanol–water partition coefficient (Wildman–Crippen LogP) is 1.61. The molecule has 2 aliphatic rings. The van der Waals surface area contributed by atoms with Crippen molar-refractivity contribution in [1.29, 1.82) is 0 Å². The molecule has 2 aromatic rings. The van der Waals surface area contributed by atoms with Crippen LogP contribution in [0, 0.1) is 0 Å². The van der Waals surface area contributed by atoms with E-state index in [1.807, 2.05) is 24.9 Å². The van der Waals surface area contributed by atoms with Crippen molar-refractivity contribution >= 4 is 11.9 Å². The third kappa shape index (κ3) is 4.84. The highest BCUT2D eigenvalue weighted by atomic mass is 16.5. The summed E-state index contributed by atoms with van der Waals surface area (Å²) in [6.45, 7) is 7.96. The molecule has 4 rings (SSSR count). The number of hydrogen-bond acceptors (Lipinski definition) is 8. The van der Waals surface area contributed by atoms with Gasteiger partial charge in [0.2, 0.25) is 11.9 Å². The van der Waals surface area contributed by atoms with E-state index >= 15 is 0 Å². The quantitative estimate of drug-likeness (QED) is 0.721. The monoisotopic (exact) mass is 401 g/mol. The zero-order valence-corrected chi connectivity index (χ0v) is 17.0. The lowest BCUT2D eigenvalue weighted by atomic mass is 10.1. The first-order valence-corrected chi connectivity index (χ1v) is 10.2. The first-order valence-electron chi connectivity index (χ1n) is 10.2. The number of hydrogen-bond donors (Lipinski definition) is 0. The van der Waals surface area contributed by atoms with E-state index in [9.17, 15) is 4.79 Å². The van der Waals surface area contributed by atoms with Crippen LogP contribution in [0.1, 0.15) is 37.3 Å². The Bertz CT molecular complexity index is 845. The number of anilines is 1. The molecule has 0 unspecified atom stereocenters. The van der Waals surface area contributed by atoms with Crippen LogP contribution in [-0.2, 0) is 29.0 Å². The van der Waals surface area contributed by atoms with Gasteiger partial charge in [0.05, 0.1) is 25.0 Å². The van der Waals surface area contributed by atoms with Crippen molar-refractivity contribution in [3.8, 4) is 5.88 Å². The van der Waals surface area contributed by atoms with Gasteiger partial charge in [-0.05, 0) is 19.0 Å². The van der Waals surface area contributed by atoms with E-state index in [2.05, 4.69) is 15.0 Å². The third-order valence-corrected chi connectivity index (χ3v) is 5.08. The fourth-order valence-electron chi connectivity index (χ4n) is 3.52. The molecule has 156 valence electrons. The predicted molar refractivity (Wildman–Crippen MR) is 105 cm³/mol. The zero-order valence-electron chi connectivity index (χ0n) is 17.0. The Morgan fingerprint density at radius 1 is 1.28 bits per heavy atom. The minimum absolute atomic E-state index is 0.0401. The van der Waals surface area contributed by atoms with Gasteiger partial charge in [-0.25, -0.2) is 9.97 Å². The zero-order chi connectivity index (χ0) is 20.2. The van der Waals surface area contributed by atoms with Crippen LogP contribution in [0.4, 0.5) is 5.95 Å². The second-order valence-corrected chi connectivity index (χ2v) is 7.61. The minimum Gasteiger partial charge on any atom is -0.473 e. The fraction of sp³-hybridized carbons (Fsp3) is 0.600. The number of fused-ring (bicyclic) bond motifs is 1. The third-order valence-electron chi connectivity index (χ3n) is 5.08. The number of amides is 1. The van der Waals surface area contributed by atoms with Gasteiger partial charge in [0, 0.05) is 63.3 Å². The van der Waals surface area contributed by atoms with Crippen LogP contribution >= 0.6 is 0 Å². The van der Waals surface area contributed by atoms with Crippen molar-refractivity contribution in [3.63, 3.8) is 0 Å². The van der Waals surface area contributed by atoms with Crippen LogP contribution in [0.15, 0.2) is 16.8 Å². The van der Waals surface area contributed by atoms with Crippen LogP contribution in [0.25, 0.3) is 0 Å². The molecule has 2 aliphatic heterocycles. The molecule has 0 bridgehead atoms. The molecule has 9 nitrogen and oxygen atoms in total. The van der Waals surface area contributed by atoms with Crippen molar-refractivity contribution in [2.24, 2.45) is 0 Å². The number of rotatable bonds is 6. The molecule has 1 saturated heterocycles. The Balaban J connectivity index is 1.26. The van der Waals surface area contributed by atoms with E-state index < -0.39 is 0 Å². The van der Waals surface area contributed by atoms with Crippen molar-refractivity contribution < 1.29 is 18.8 Å². The van der Waals surface area contributed by atoms with Crippen LogP contribution in [-0.4, -0.2) is 64.8 Å². The SMILES string of the molecule is CC(C)Oc1cc(CCC(=O)N2CCN(c3ncc4c(n3)CCOC4)CC2)on1. The second-order valence-electron chi connectivity index (χ2n) is 7.61. The average Bonchev–Trinajstić information content (AvgIpc) is 3.18. The Labute approximate surface area is 170 Å². The molecular formula is C20H27N5O4. The Morgan fingerprint density at radius 2 is 2.10 bits per heavy atom. The Hall–Kier alpha value is -2.68. The summed E-state index contributed by atoms with van der Waals surface area (Å²) in [5.41, 5.74) is 2.15. The summed E-state index contributed by atoms with van der Waals surface area (Å²) in [5, 5.41) is 3.87. The lowest BCUT2D eigenvalue weighted by Gasteiger charge is -2.35. The van der Waals surface area contributed by atoms with E-state index in [0.29, 0.717) is 50.8 Å². The van der Waals surface area contributed by atoms with Crippen molar-refractivity contribution in [3.05, 3.63) is 29.3 Å². The number of nitrogens with zero attached hydrogens (tertiary/aromatic N) is 5. The van der Waals surface area contributed by atoms with Crippen LogP contribution < -0.4 is 9.64 Å². The molecule has 0 spiro atoms. The first kappa shape index (κ1) is 19.6. The van der Waals surface area contributed by atoms with Crippen molar-refractivity contribution in [1.82, 2.24) is 20.0 Å². The molecule has 1 fully saturated rings. The number of piperazine rings is 1. The molecule has 0 aromatic carbocycles. The van der Waals surface area contributed by atoms with E-state index in [1.54, 1.807) is 6.07 Å². The summed E-state index contributed by atoms with van der Waals surface area (Å²) in [6, 6.07) is 1.75. The van der Waals surface area contributed by atoms with Gasteiger partial charge < -0.3 is 23.8 Å². The fourth-order valence-corrected chi connectivity index (χ4v) is 3.52. The Kier molecular flexibility index (Phi) is 5.94. The van der Waals surface area contributed by atoms with Gasteiger partial charge in [-0.2, -0.15) is 0 Å². The summed E-state index contributed by atoms with van der Waals surface area (Å²) in [4.78, 5) is 25.8. The lowest BCUT2D eigenvalue weighted by molar-refractivity contribution is -0.131. The minimum atomic E-state index is 0.0401. The summed E-state index contributed by atoms with van der Waals surface area (Å²) in [7, 11) is 0. The largest absolute Gasteiger partial charge is 0.473 e. The van der Waals surface area contributed by atoms with Gasteiger partial charge in [0.25, 0.3) is 5.88 Å². The average molecular weight is 401 g/mol. The topological polar surface area (TPSA) is 93.8 Å². The summed E-state index contributed by atoms with van der Waals surface area (Å²) in [5.74, 6) is 2.00. The van der Waals surface area contributed by atoms with Gasteiger partial charge in [-0.1, -0.05) is 0 Å². The molecule has 0 aliphatic carbocycles. The highest BCUT2D eigenvalue weighted by Crippen LogP contribution is 2.19. The number of ether oxygens (including phenoxy) is 2. The van der Waals surface area contributed by atoms with Gasteiger partial charge >= 0.3 is 0 Å². The van der Waals surface area contributed by atoms with E-state index in [4.69, 9.17) is 19.0 Å². The number of aromatic nitrogens is 3. The van der Waals surface area contributed by atoms with Gasteiger partial charge in [0.15, 0.2) is 0 Å². The standard InChI is InChI=1S/C20H27N5O4/c1-14(2)28-18-11-16(29-23-18)3-4-19(26)24-6-8-25(9-7-24)20-21-12-15-13-27-10-5-17(15)22-20/h11-12,14H,3-10,13H2,1-2H3. The molecule has 9 heteroatoms. The first-order chi connectivity index (χ1) is 14.1. The van der Waals surface area contributed by atoms with Gasteiger partial charge in [-0.15, -0.1) is 0 Å². The van der Waals surface area contributed by atoms with Crippen LogP contribution in [0.3, 0.4) is 0 Å². The maximum absolute atomic E-state index is 12.6. The summed E-state index contributed by atoms with van der Waals surface area (Å²) < 4.78 is 16.2. The van der Waals surface area contributed by atoms with Crippen LogP contribution in [0.5, 0.6) is 5.88 Å². The molecule has 0 N–H and O–H groups in total. The molecule has 0 saturated carbocycles. The molecule has 4 heterocycles. The molecule has 0 atom stereocenters. The summed E-state index contributed by atoms with van der Waals surface area (Å²) >= 11 is 0. The van der Waals surface area contributed by atoms with Crippen molar-refractivity contribution in [2.45, 2.75) is 45.8 Å². The number of carbonyl (C=O) groups is 1. The molecular weight excluding hydrogens is 374 g/mol. The second kappa shape index (κ2) is 8.77. The van der Waals surface area contributed by atoms with Gasteiger partial charge in [-0.3, -0.25) is 4.79 Å². The lowest BCUT2D eigenvalue weighted by Crippen LogP contribution is -2.49. The molecule has 1 amide bonds. The maximum Gasteiger partial charge on any atom is 0.254 e. The number of aryl methyl sites for hydroxylation is 1. The highest BCUT2D eigenvalue weighted by Gasteiger charge is 2.24.